The van der Waals surface area contributed by atoms with E-state index in [1.807, 2.05) is 49.4 Å². The van der Waals surface area contributed by atoms with E-state index in [1.165, 1.54) is 0 Å². The number of rotatable bonds is 6. The Labute approximate surface area is 168 Å². The first-order valence-corrected chi connectivity index (χ1v) is 9.18. The maximum atomic E-state index is 5.91. The molecule has 0 aliphatic carbocycles. The molecule has 0 radical (unpaired) electrons. The molecule has 29 heavy (non-hydrogen) atoms. The minimum absolute atomic E-state index is 0.317. The van der Waals surface area contributed by atoms with Crippen molar-refractivity contribution >= 4 is 11.6 Å². The Morgan fingerprint density at radius 2 is 1.79 bits per heavy atom. The van der Waals surface area contributed by atoms with Gasteiger partial charge in [-0.2, -0.15) is 0 Å². The quantitative estimate of drug-likeness (QED) is 0.517. The number of aryl methyl sites for hydroxylation is 1. The van der Waals surface area contributed by atoms with E-state index < -0.39 is 0 Å². The van der Waals surface area contributed by atoms with Crippen molar-refractivity contribution in [1.29, 1.82) is 0 Å². The minimum Gasteiger partial charge on any atom is -0.487 e. The second-order valence-corrected chi connectivity index (χ2v) is 6.79. The summed E-state index contributed by atoms with van der Waals surface area (Å²) in [6.07, 6.45) is 2.42. The van der Waals surface area contributed by atoms with E-state index in [4.69, 9.17) is 20.7 Å². The Kier molecular flexibility index (Phi) is 5.11. The number of ether oxygens (including phenoxy) is 1. The van der Waals surface area contributed by atoms with Crippen LogP contribution in [0.2, 0.25) is 0 Å². The third kappa shape index (κ3) is 4.52. The van der Waals surface area contributed by atoms with Gasteiger partial charge in [-0.15, -0.1) is 0 Å². The summed E-state index contributed by atoms with van der Waals surface area (Å²) in [5.41, 5.74) is 16.2. The molecule has 0 unspecified atom stereocenters. The molecule has 0 amide bonds. The van der Waals surface area contributed by atoms with Crippen molar-refractivity contribution < 1.29 is 9.26 Å². The highest BCUT2D eigenvalue weighted by atomic mass is 16.5. The predicted molar refractivity (Wildman–Crippen MR) is 111 cm³/mol. The molecule has 0 spiro atoms. The van der Waals surface area contributed by atoms with Gasteiger partial charge in [0, 0.05) is 18.7 Å². The molecule has 4 N–H and O–H groups in total. The van der Waals surface area contributed by atoms with Crippen LogP contribution in [0.3, 0.4) is 0 Å². The Hall–Kier alpha value is -3.87. The zero-order valence-electron chi connectivity index (χ0n) is 16.0. The van der Waals surface area contributed by atoms with Gasteiger partial charge in [0.15, 0.2) is 5.76 Å². The van der Waals surface area contributed by atoms with Crippen LogP contribution in [0.4, 0.5) is 11.6 Å². The number of pyridine rings is 2. The fourth-order valence-corrected chi connectivity index (χ4v) is 2.97. The van der Waals surface area contributed by atoms with Gasteiger partial charge >= 0.3 is 0 Å². The summed E-state index contributed by atoms with van der Waals surface area (Å²) in [6, 6.07) is 17.2. The van der Waals surface area contributed by atoms with Gasteiger partial charge < -0.3 is 20.7 Å². The van der Waals surface area contributed by atoms with Crippen molar-refractivity contribution in [3.05, 3.63) is 83.3 Å². The lowest BCUT2D eigenvalue weighted by Gasteiger charge is -2.07. The highest BCUT2D eigenvalue weighted by Crippen LogP contribution is 2.27. The van der Waals surface area contributed by atoms with Crippen molar-refractivity contribution in [1.82, 2.24) is 15.1 Å². The van der Waals surface area contributed by atoms with Crippen LogP contribution in [0.5, 0.6) is 5.75 Å². The molecule has 4 aromatic rings. The number of benzene rings is 1. The monoisotopic (exact) mass is 387 g/mol. The van der Waals surface area contributed by atoms with E-state index in [0.29, 0.717) is 36.0 Å². The number of anilines is 2. The number of nitrogens with two attached hydrogens (primary N) is 2. The molecular formula is C22H21N5O2. The number of aromatic nitrogens is 3. The second kappa shape index (κ2) is 8.02. The fraction of sp³-hybridized carbons (Fsp3) is 0.136. The van der Waals surface area contributed by atoms with E-state index in [2.05, 4.69) is 15.1 Å². The van der Waals surface area contributed by atoms with Crippen LogP contribution in [-0.4, -0.2) is 15.1 Å². The number of nitrogen functional groups attached to an aromatic ring is 2. The number of nitrogens with zero attached hydrogens (tertiary/aromatic N) is 3. The average molecular weight is 387 g/mol. The molecule has 0 bridgehead atoms. The lowest BCUT2D eigenvalue weighted by Crippen LogP contribution is -1.98. The summed E-state index contributed by atoms with van der Waals surface area (Å²) in [7, 11) is 0. The average Bonchev–Trinajstić information content (AvgIpc) is 3.16. The van der Waals surface area contributed by atoms with Gasteiger partial charge in [-0.3, -0.25) is 4.98 Å². The van der Waals surface area contributed by atoms with E-state index in [0.717, 1.165) is 28.3 Å². The molecule has 7 heteroatoms. The number of hydrogen-bond acceptors (Lipinski definition) is 7. The molecule has 0 atom stereocenters. The molecule has 1 aromatic carbocycles. The molecular weight excluding hydrogens is 366 g/mol. The van der Waals surface area contributed by atoms with E-state index >= 15 is 0 Å². The van der Waals surface area contributed by atoms with Crippen LogP contribution >= 0.6 is 0 Å². The van der Waals surface area contributed by atoms with Gasteiger partial charge in [-0.1, -0.05) is 17.3 Å². The van der Waals surface area contributed by atoms with Crippen molar-refractivity contribution in [2.45, 2.75) is 20.0 Å². The normalized spacial score (nSPS) is 10.8. The van der Waals surface area contributed by atoms with Crippen LogP contribution < -0.4 is 16.2 Å². The predicted octanol–water partition coefficient (Wildman–Crippen LogP) is 3.77. The summed E-state index contributed by atoms with van der Waals surface area (Å²) >= 11 is 0. The highest BCUT2D eigenvalue weighted by Gasteiger charge is 2.11. The smallest absolute Gasteiger partial charge is 0.170 e. The van der Waals surface area contributed by atoms with Gasteiger partial charge in [0.2, 0.25) is 0 Å². The van der Waals surface area contributed by atoms with Crippen molar-refractivity contribution in [2.24, 2.45) is 0 Å². The SMILES string of the molecule is Cc1ccnc(COc2ccc(Cc3cc(-c4ccc(N)nc4N)on3)cc2)c1. The van der Waals surface area contributed by atoms with Gasteiger partial charge in [-0.05, 0) is 54.4 Å². The Balaban J connectivity index is 1.39. The fourth-order valence-electron chi connectivity index (χ4n) is 2.97. The first-order chi connectivity index (χ1) is 14.1. The van der Waals surface area contributed by atoms with E-state index in [-0.39, 0.29) is 0 Å². The molecule has 0 aliphatic heterocycles. The Morgan fingerprint density at radius 3 is 2.55 bits per heavy atom. The minimum atomic E-state index is 0.317. The van der Waals surface area contributed by atoms with E-state index in [1.54, 1.807) is 18.3 Å². The van der Waals surface area contributed by atoms with Crippen molar-refractivity contribution in [2.75, 3.05) is 11.5 Å². The van der Waals surface area contributed by atoms with Crippen molar-refractivity contribution in [3.63, 3.8) is 0 Å². The lowest BCUT2D eigenvalue weighted by molar-refractivity contribution is 0.301. The summed E-state index contributed by atoms with van der Waals surface area (Å²) in [5.74, 6) is 2.04. The van der Waals surface area contributed by atoms with Gasteiger partial charge in [0.05, 0.1) is 17.0 Å². The summed E-state index contributed by atoms with van der Waals surface area (Å²) in [5, 5.41) is 4.13. The zero-order chi connectivity index (χ0) is 20.2. The molecule has 0 saturated carbocycles. The van der Waals surface area contributed by atoms with Gasteiger partial charge in [-0.25, -0.2) is 4.98 Å². The third-order valence-corrected chi connectivity index (χ3v) is 4.44. The van der Waals surface area contributed by atoms with Gasteiger partial charge in [0.1, 0.15) is 24.0 Å². The summed E-state index contributed by atoms with van der Waals surface area (Å²) in [4.78, 5) is 8.35. The first kappa shape index (κ1) is 18.5. The highest BCUT2D eigenvalue weighted by molar-refractivity contribution is 5.71. The van der Waals surface area contributed by atoms with Gasteiger partial charge in [0.25, 0.3) is 0 Å². The standard InChI is InChI=1S/C22H21N5O2/c1-14-8-9-25-17(10-14)13-28-18-4-2-15(3-5-18)11-16-12-20(29-27-16)19-6-7-21(23)26-22(19)24/h2-10,12H,11,13H2,1H3,(H4,23,24,26). The zero-order valence-corrected chi connectivity index (χ0v) is 16.0. The Bertz CT molecular complexity index is 1120. The van der Waals surface area contributed by atoms with Crippen LogP contribution in [0.1, 0.15) is 22.5 Å². The molecule has 146 valence electrons. The van der Waals surface area contributed by atoms with Crippen LogP contribution in [-0.2, 0) is 13.0 Å². The molecule has 0 aliphatic rings. The molecule has 0 fully saturated rings. The number of hydrogen-bond donors (Lipinski definition) is 2. The largest absolute Gasteiger partial charge is 0.487 e. The molecule has 3 heterocycles. The topological polar surface area (TPSA) is 113 Å². The Morgan fingerprint density at radius 1 is 0.966 bits per heavy atom. The lowest BCUT2D eigenvalue weighted by atomic mass is 10.1. The summed E-state index contributed by atoms with van der Waals surface area (Å²) < 4.78 is 11.2. The van der Waals surface area contributed by atoms with Crippen LogP contribution in [0, 0.1) is 6.92 Å². The second-order valence-electron chi connectivity index (χ2n) is 6.79. The van der Waals surface area contributed by atoms with Crippen LogP contribution in [0.25, 0.3) is 11.3 Å². The maximum Gasteiger partial charge on any atom is 0.170 e. The first-order valence-electron chi connectivity index (χ1n) is 9.18. The molecule has 4 rings (SSSR count). The van der Waals surface area contributed by atoms with E-state index in [9.17, 15) is 0 Å². The maximum absolute atomic E-state index is 5.91. The molecule has 0 saturated heterocycles. The third-order valence-electron chi connectivity index (χ3n) is 4.44. The molecule has 7 nitrogen and oxygen atoms in total. The van der Waals surface area contributed by atoms with Crippen LogP contribution in [0.15, 0.2) is 65.3 Å². The molecule has 3 aromatic heterocycles. The summed E-state index contributed by atoms with van der Waals surface area (Å²) in [6.45, 7) is 2.47. The van der Waals surface area contributed by atoms with Crippen molar-refractivity contribution in [3.8, 4) is 17.1 Å².